The first-order chi connectivity index (χ1) is 5.49. The maximum Gasteiger partial charge on any atom is 0.151 e. The highest BCUT2D eigenvalue weighted by Crippen LogP contribution is 2.68. The fourth-order valence-electron chi connectivity index (χ4n) is 2.39. The van der Waals surface area contributed by atoms with Crippen molar-refractivity contribution in [3.05, 3.63) is 0 Å². The minimum atomic E-state index is -2.78. The Balaban J connectivity index is 2.13. The molecule has 2 aliphatic rings. The Hall–Kier alpha value is -0.130. The van der Waals surface area contributed by atoms with Crippen molar-refractivity contribution in [1.29, 1.82) is 0 Å². The largest absolute Gasteiger partial charge is 0.396 e. The summed E-state index contributed by atoms with van der Waals surface area (Å²) < 4.78 is 21.9. The van der Waals surface area contributed by atoms with Crippen LogP contribution in [-0.4, -0.2) is 38.2 Å². The summed E-state index contributed by atoms with van der Waals surface area (Å²) >= 11 is 0. The van der Waals surface area contributed by atoms with Crippen LogP contribution in [0.25, 0.3) is 0 Å². The molecule has 1 atom stereocenters. The predicted octanol–water partition coefficient (Wildman–Crippen LogP) is -1.26. The Morgan fingerprint density at radius 2 is 2.00 bits per heavy atom. The zero-order valence-corrected chi connectivity index (χ0v) is 7.60. The molecule has 0 aromatic rings. The molecule has 3 N–H and O–H groups in total. The number of hydrogen-bond acceptors (Lipinski definition) is 4. The third-order valence-electron chi connectivity index (χ3n) is 3.36. The first kappa shape index (κ1) is 8.47. The average molecular weight is 191 g/mol. The average Bonchev–Trinajstić information content (AvgIpc) is 2.56. The van der Waals surface area contributed by atoms with Gasteiger partial charge in [0.2, 0.25) is 0 Å². The number of nitrogens with two attached hydrogens (primary N) is 1. The molecule has 5 heteroatoms. The molecule has 12 heavy (non-hydrogen) atoms. The second kappa shape index (κ2) is 2.02. The number of hydrogen-bond donors (Lipinski definition) is 2. The van der Waals surface area contributed by atoms with Crippen molar-refractivity contribution in [2.45, 2.75) is 6.42 Å². The predicted molar refractivity (Wildman–Crippen MR) is 44.3 cm³/mol. The summed E-state index contributed by atoms with van der Waals surface area (Å²) in [5.41, 5.74) is 5.09. The summed E-state index contributed by atoms with van der Waals surface area (Å²) in [5, 5.41) is 9.05. The fourth-order valence-corrected chi connectivity index (χ4v) is 4.80. The molecule has 0 bridgehead atoms. The fraction of sp³-hybridized carbons (Fsp3) is 1.00. The molecule has 1 aliphatic heterocycles. The first-order valence-corrected chi connectivity index (χ1v) is 5.83. The Morgan fingerprint density at radius 3 is 2.25 bits per heavy atom. The van der Waals surface area contributed by atoms with E-state index in [1.807, 2.05) is 0 Å². The van der Waals surface area contributed by atoms with Crippen molar-refractivity contribution >= 4 is 9.84 Å². The lowest BCUT2D eigenvalue weighted by molar-refractivity contribution is 0.183. The van der Waals surface area contributed by atoms with Gasteiger partial charge in [-0.15, -0.1) is 0 Å². The van der Waals surface area contributed by atoms with Crippen LogP contribution >= 0.6 is 0 Å². The summed E-state index contributed by atoms with van der Waals surface area (Å²) in [6.45, 7) is 0.429. The topological polar surface area (TPSA) is 80.4 Å². The second-order valence-corrected chi connectivity index (χ2v) is 6.20. The summed E-state index contributed by atoms with van der Waals surface area (Å²) in [6, 6.07) is 0. The van der Waals surface area contributed by atoms with E-state index in [1.54, 1.807) is 0 Å². The molecule has 1 saturated heterocycles. The van der Waals surface area contributed by atoms with Gasteiger partial charge >= 0.3 is 0 Å². The van der Waals surface area contributed by atoms with E-state index in [2.05, 4.69) is 0 Å². The molecule has 0 aromatic heterocycles. The normalized spacial score (nSPS) is 40.8. The van der Waals surface area contributed by atoms with Crippen LogP contribution in [0.5, 0.6) is 0 Å². The Kier molecular flexibility index (Phi) is 1.43. The lowest BCUT2D eigenvalue weighted by Crippen LogP contribution is -2.45. The Labute approximate surface area is 71.7 Å². The lowest BCUT2D eigenvalue weighted by atomic mass is 9.96. The van der Waals surface area contributed by atoms with E-state index in [4.69, 9.17) is 10.8 Å². The van der Waals surface area contributed by atoms with Gasteiger partial charge in [0, 0.05) is 17.4 Å². The number of aliphatic hydroxyl groups excluding tert-OH is 1. The van der Waals surface area contributed by atoms with Crippen molar-refractivity contribution in [3.63, 3.8) is 0 Å². The lowest BCUT2D eigenvalue weighted by Gasteiger charge is -2.31. The molecule has 1 saturated carbocycles. The van der Waals surface area contributed by atoms with Crippen molar-refractivity contribution in [2.24, 2.45) is 16.6 Å². The highest BCUT2D eigenvalue weighted by molar-refractivity contribution is 7.92. The SMILES string of the molecule is NCC1(CO)CC12CS(=O)(=O)C2. The van der Waals surface area contributed by atoms with Crippen LogP contribution in [0.4, 0.5) is 0 Å². The van der Waals surface area contributed by atoms with Gasteiger partial charge in [0.15, 0.2) is 9.84 Å². The monoisotopic (exact) mass is 191 g/mol. The Morgan fingerprint density at radius 1 is 1.42 bits per heavy atom. The van der Waals surface area contributed by atoms with Crippen LogP contribution in [0.3, 0.4) is 0 Å². The highest BCUT2D eigenvalue weighted by atomic mass is 32.2. The van der Waals surface area contributed by atoms with Gasteiger partial charge in [-0.05, 0) is 6.42 Å². The molecule has 1 aliphatic carbocycles. The van der Waals surface area contributed by atoms with E-state index < -0.39 is 9.84 Å². The van der Waals surface area contributed by atoms with Crippen LogP contribution < -0.4 is 5.73 Å². The standard InChI is InChI=1S/C7H13NO3S/c8-2-6(3-9)1-7(6)4-12(10,11)5-7/h9H,1-5,8H2. The number of rotatable bonds is 2. The summed E-state index contributed by atoms with van der Waals surface area (Å²) in [5.74, 6) is 0.468. The van der Waals surface area contributed by atoms with E-state index in [9.17, 15) is 8.42 Å². The van der Waals surface area contributed by atoms with E-state index in [0.29, 0.717) is 6.54 Å². The second-order valence-electron chi connectivity index (χ2n) is 4.13. The minimum absolute atomic E-state index is 0.0268. The zero-order valence-electron chi connectivity index (χ0n) is 6.78. The third-order valence-corrected chi connectivity index (χ3v) is 5.35. The van der Waals surface area contributed by atoms with Gasteiger partial charge in [0.1, 0.15) is 0 Å². The van der Waals surface area contributed by atoms with Gasteiger partial charge in [-0.2, -0.15) is 0 Å². The van der Waals surface area contributed by atoms with Gasteiger partial charge in [-0.1, -0.05) is 0 Å². The van der Waals surface area contributed by atoms with Gasteiger partial charge in [0.25, 0.3) is 0 Å². The molecular formula is C7H13NO3S. The summed E-state index contributed by atoms with van der Waals surface area (Å²) in [6.07, 6.45) is 0.784. The van der Waals surface area contributed by atoms with E-state index in [-0.39, 0.29) is 28.9 Å². The van der Waals surface area contributed by atoms with Crippen LogP contribution in [0, 0.1) is 10.8 Å². The van der Waals surface area contributed by atoms with E-state index in [1.165, 1.54) is 0 Å². The maximum atomic E-state index is 10.9. The molecule has 2 rings (SSSR count). The van der Waals surface area contributed by atoms with Crippen LogP contribution in [0.15, 0.2) is 0 Å². The molecule has 0 amide bonds. The molecule has 70 valence electrons. The summed E-state index contributed by atoms with van der Waals surface area (Å²) in [7, 11) is -2.78. The molecule has 2 fully saturated rings. The number of aliphatic hydroxyl groups is 1. The van der Waals surface area contributed by atoms with Gasteiger partial charge in [-0.3, -0.25) is 0 Å². The van der Waals surface area contributed by atoms with Crippen molar-refractivity contribution in [3.8, 4) is 0 Å². The van der Waals surface area contributed by atoms with E-state index in [0.717, 1.165) is 6.42 Å². The molecule has 1 heterocycles. The molecule has 4 nitrogen and oxygen atoms in total. The van der Waals surface area contributed by atoms with Gasteiger partial charge in [-0.25, -0.2) is 8.42 Å². The van der Waals surface area contributed by atoms with Crippen LogP contribution in [0.2, 0.25) is 0 Å². The van der Waals surface area contributed by atoms with Crippen molar-refractivity contribution in [2.75, 3.05) is 24.7 Å². The first-order valence-electron chi connectivity index (χ1n) is 4.01. The Bertz CT molecular complexity index is 293. The molecule has 1 unspecified atom stereocenters. The zero-order chi connectivity index (χ0) is 9.04. The highest BCUT2D eigenvalue weighted by Gasteiger charge is 2.73. The maximum absolute atomic E-state index is 10.9. The number of sulfone groups is 1. The smallest absolute Gasteiger partial charge is 0.151 e. The molecule has 0 radical (unpaired) electrons. The molecular weight excluding hydrogens is 178 g/mol. The van der Waals surface area contributed by atoms with Crippen LogP contribution in [-0.2, 0) is 9.84 Å². The summed E-state index contributed by atoms with van der Waals surface area (Å²) in [4.78, 5) is 0. The minimum Gasteiger partial charge on any atom is -0.396 e. The van der Waals surface area contributed by atoms with E-state index >= 15 is 0 Å². The van der Waals surface area contributed by atoms with Crippen molar-refractivity contribution < 1.29 is 13.5 Å². The van der Waals surface area contributed by atoms with Gasteiger partial charge < -0.3 is 10.8 Å². The quantitative estimate of drug-likeness (QED) is 0.571. The van der Waals surface area contributed by atoms with Crippen LogP contribution in [0.1, 0.15) is 6.42 Å². The molecule has 1 spiro atoms. The van der Waals surface area contributed by atoms with Gasteiger partial charge in [0.05, 0.1) is 18.1 Å². The molecule has 0 aromatic carbocycles. The van der Waals surface area contributed by atoms with Crippen molar-refractivity contribution in [1.82, 2.24) is 0 Å². The third kappa shape index (κ3) is 0.815.